The SMILES string of the molecule is COc1ccc([C@@H]2[C@@H](CO)OCCN2C(=O)COc2ccccc2)cc1OC. The van der Waals surface area contributed by atoms with Gasteiger partial charge in [-0.05, 0) is 29.8 Å². The summed E-state index contributed by atoms with van der Waals surface area (Å²) >= 11 is 0. The molecule has 0 bridgehead atoms. The first kappa shape index (κ1) is 20.0. The molecule has 1 heterocycles. The Morgan fingerprint density at radius 1 is 1.14 bits per heavy atom. The summed E-state index contributed by atoms with van der Waals surface area (Å²) in [5.41, 5.74) is 0.796. The predicted octanol–water partition coefficient (Wildman–Crippen LogP) is 2.04. The van der Waals surface area contributed by atoms with Gasteiger partial charge in [0.25, 0.3) is 5.91 Å². The Labute approximate surface area is 164 Å². The summed E-state index contributed by atoms with van der Waals surface area (Å²) in [7, 11) is 3.12. The summed E-state index contributed by atoms with van der Waals surface area (Å²) in [5, 5.41) is 9.81. The maximum atomic E-state index is 12.9. The third-order valence-electron chi connectivity index (χ3n) is 4.71. The predicted molar refractivity (Wildman–Crippen MR) is 103 cm³/mol. The van der Waals surface area contributed by atoms with Crippen LogP contribution in [0.5, 0.6) is 17.2 Å². The van der Waals surface area contributed by atoms with E-state index in [-0.39, 0.29) is 19.1 Å². The summed E-state index contributed by atoms with van der Waals surface area (Å²) in [4.78, 5) is 14.6. The number of benzene rings is 2. The molecular formula is C21H25NO6. The number of hydrogen-bond donors (Lipinski definition) is 1. The first-order chi connectivity index (χ1) is 13.7. The second-order valence-electron chi connectivity index (χ2n) is 6.34. The Morgan fingerprint density at radius 2 is 1.89 bits per heavy atom. The molecule has 1 N–H and O–H groups in total. The maximum absolute atomic E-state index is 12.9. The van der Waals surface area contributed by atoms with Gasteiger partial charge in [-0.2, -0.15) is 0 Å². The van der Waals surface area contributed by atoms with Gasteiger partial charge >= 0.3 is 0 Å². The van der Waals surface area contributed by atoms with Crippen LogP contribution in [0.4, 0.5) is 0 Å². The molecule has 7 nitrogen and oxygen atoms in total. The van der Waals surface area contributed by atoms with Gasteiger partial charge in [0.15, 0.2) is 18.1 Å². The zero-order valence-electron chi connectivity index (χ0n) is 16.0. The number of aliphatic hydroxyl groups is 1. The van der Waals surface area contributed by atoms with E-state index in [0.29, 0.717) is 30.4 Å². The van der Waals surface area contributed by atoms with E-state index in [4.69, 9.17) is 18.9 Å². The second-order valence-corrected chi connectivity index (χ2v) is 6.34. The first-order valence-electron chi connectivity index (χ1n) is 9.09. The van der Waals surface area contributed by atoms with Crippen molar-refractivity contribution in [3.8, 4) is 17.2 Å². The number of methoxy groups -OCH3 is 2. The van der Waals surface area contributed by atoms with E-state index in [2.05, 4.69) is 0 Å². The Bertz CT molecular complexity index is 782. The smallest absolute Gasteiger partial charge is 0.261 e. The van der Waals surface area contributed by atoms with Gasteiger partial charge in [0.2, 0.25) is 0 Å². The van der Waals surface area contributed by atoms with Crippen molar-refractivity contribution >= 4 is 5.91 Å². The third-order valence-corrected chi connectivity index (χ3v) is 4.71. The van der Waals surface area contributed by atoms with Crippen LogP contribution in [0.2, 0.25) is 0 Å². The molecular weight excluding hydrogens is 362 g/mol. The Morgan fingerprint density at radius 3 is 2.57 bits per heavy atom. The van der Waals surface area contributed by atoms with Crippen molar-refractivity contribution in [2.45, 2.75) is 12.1 Å². The molecule has 1 saturated heterocycles. The van der Waals surface area contributed by atoms with Crippen molar-refractivity contribution in [3.63, 3.8) is 0 Å². The highest BCUT2D eigenvalue weighted by Crippen LogP contribution is 2.35. The van der Waals surface area contributed by atoms with Gasteiger partial charge in [-0.25, -0.2) is 0 Å². The Hall–Kier alpha value is -2.77. The largest absolute Gasteiger partial charge is 0.493 e. The average Bonchev–Trinajstić information content (AvgIpc) is 2.77. The number of nitrogens with zero attached hydrogens (tertiary/aromatic N) is 1. The number of morpholine rings is 1. The topological polar surface area (TPSA) is 77.5 Å². The van der Waals surface area contributed by atoms with Crippen LogP contribution in [0.3, 0.4) is 0 Å². The number of ether oxygens (including phenoxy) is 4. The van der Waals surface area contributed by atoms with E-state index < -0.39 is 12.1 Å². The lowest BCUT2D eigenvalue weighted by molar-refractivity contribution is -0.152. The van der Waals surface area contributed by atoms with Crippen LogP contribution in [0.15, 0.2) is 48.5 Å². The molecule has 0 unspecified atom stereocenters. The molecule has 0 radical (unpaired) electrons. The zero-order chi connectivity index (χ0) is 19.9. The molecule has 3 rings (SSSR count). The standard InChI is InChI=1S/C21H25NO6/c1-25-17-9-8-15(12-18(17)26-2)21-19(13-23)27-11-10-22(21)20(24)14-28-16-6-4-3-5-7-16/h3-9,12,19,21,23H,10-11,13-14H2,1-2H3/t19-,21-/m1/s1. The molecule has 0 aliphatic carbocycles. The highest BCUT2D eigenvalue weighted by atomic mass is 16.5. The monoisotopic (exact) mass is 387 g/mol. The molecule has 1 fully saturated rings. The number of para-hydroxylation sites is 1. The molecule has 0 aromatic heterocycles. The van der Waals surface area contributed by atoms with Gasteiger partial charge in [-0.15, -0.1) is 0 Å². The van der Waals surface area contributed by atoms with Crippen LogP contribution in [0.25, 0.3) is 0 Å². The highest BCUT2D eigenvalue weighted by molar-refractivity contribution is 5.78. The highest BCUT2D eigenvalue weighted by Gasteiger charge is 2.36. The lowest BCUT2D eigenvalue weighted by atomic mass is 9.97. The minimum atomic E-state index is -0.535. The van der Waals surface area contributed by atoms with E-state index >= 15 is 0 Å². The fourth-order valence-corrected chi connectivity index (χ4v) is 3.34. The second kappa shape index (κ2) is 9.43. The number of carbonyl (C=O) groups is 1. The normalized spacial score (nSPS) is 19.2. The van der Waals surface area contributed by atoms with Crippen molar-refractivity contribution < 1.29 is 28.8 Å². The van der Waals surface area contributed by atoms with Crippen molar-refractivity contribution in [1.82, 2.24) is 4.90 Å². The molecule has 150 valence electrons. The van der Waals surface area contributed by atoms with Crippen LogP contribution < -0.4 is 14.2 Å². The number of hydrogen-bond acceptors (Lipinski definition) is 6. The van der Waals surface area contributed by atoms with Gasteiger partial charge in [0.05, 0.1) is 33.5 Å². The van der Waals surface area contributed by atoms with Crippen molar-refractivity contribution in [2.24, 2.45) is 0 Å². The van der Waals surface area contributed by atoms with Gasteiger partial charge in [0, 0.05) is 6.54 Å². The van der Waals surface area contributed by atoms with Gasteiger partial charge in [-0.1, -0.05) is 24.3 Å². The fraction of sp³-hybridized carbons (Fsp3) is 0.381. The third kappa shape index (κ3) is 4.37. The minimum absolute atomic E-state index is 0.0913. The van der Waals surface area contributed by atoms with Crippen molar-refractivity contribution in [1.29, 1.82) is 0 Å². The molecule has 0 spiro atoms. The number of aliphatic hydroxyl groups excluding tert-OH is 1. The van der Waals surface area contributed by atoms with E-state index in [0.717, 1.165) is 5.56 Å². The fourth-order valence-electron chi connectivity index (χ4n) is 3.34. The molecule has 2 atom stereocenters. The Balaban J connectivity index is 1.83. The van der Waals surface area contributed by atoms with Crippen molar-refractivity contribution in [3.05, 3.63) is 54.1 Å². The average molecular weight is 387 g/mol. The molecule has 2 aromatic rings. The van der Waals surface area contributed by atoms with E-state index in [1.807, 2.05) is 24.3 Å². The maximum Gasteiger partial charge on any atom is 0.261 e. The van der Waals surface area contributed by atoms with Crippen LogP contribution in [-0.4, -0.2) is 62.6 Å². The number of carbonyl (C=O) groups excluding carboxylic acids is 1. The molecule has 1 aliphatic heterocycles. The molecule has 1 aliphatic rings. The van der Waals surface area contributed by atoms with E-state index in [9.17, 15) is 9.90 Å². The van der Waals surface area contributed by atoms with Gasteiger partial charge in [-0.3, -0.25) is 4.79 Å². The molecule has 2 aromatic carbocycles. The summed E-state index contributed by atoms with van der Waals surface area (Å²) in [6.45, 7) is 0.465. The van der Waals surface area contributed by atoms with Crippen LogP contribution in [-0.2, 0) is 9.53 Å². The zero-order valence-corrected chi connectivity index (χ0v) is 16.0. The van der Waals surface area contributed by atoms with Crippen LogP contribution in [0, 0.1) is 0 Å². The quantitative estimate of drug-likeness (QED) is 0.784. The summed E-state index contributed by atoms with van der Waals surface area (Å²) < 4.78 is 22.0. The van der Waals surface area contributed by atoms with Gasteiger partial charge in [0.1, 0.15) is 11.9 Å². The van der Waals surface area contributed by atoms with Crippen LogP contribution >= 0.6 is 0 Å². The number of amides is 1. The summed E-state index contributed by atoms with van der Waals surface area (Å²) in [6, 6.07) is 14.2. The van der Waals surface area contributed by atoms with Crippen molar-refractivity contribution in [2.75, 3.05) is 40.6 Å². The van der Waals surface area contributed by atoms with Crippen LogP contribution in [0.1, 0.15) is 11.6 Å². The Kier molecular flexibility index (Phi) is 6.73. The minimum Gasteiger partial charge on any atom is -0.493 e. The summed E-state index contributed by atoms with van der Waals surface area (Å²) in [6.07, 6.45) is -0.535. The summed E-state index contributed by atoms with van der Waals surface area (Å²) in [5.74, 6) is 1.60. The van der Waals surface area contributed by atoms with E-state index in [1.54, 1.807) is 43.4 Å². The molecule has 0 saturated carbocycles. The molecule has 28 heavy (non-hydrogen) atoms. The number of rotatable bonds is 7. The van der Waals surface area contributed by atoms with Gasteiger partial charge < -0.3 is 29.0 Å². The lowest BCUT2D eigenvalue weighted by Crippen LogP contribution is -2.50. The molecule has 7 heteroatoms. The first-order valence-corrected chi connectivity index (χ1v) is 9.09. The molecule has 1 amide bonds. The van der Waals surface area contributed by atoms with E-state index in [1.165, 1.54) is 0 Å². The lowest BCUT2D eigenvalue weighted by Gasteiger charge is -2.41.